The second-order valence-corrected chi connectivity index (χ2v) is 4.71. The van der Waals surface area contributed by atoms with Crippen LogP contribution in [0.25, 0.3) is 0 Å². The van der Waals surface area contributed by atoms with Crippen LogP contribution in [0.15, 0.2) is 18.3 Å². The van der Waals surface area contributed by atoms with Crippen molar-refractivity contribution in [3.05, 3.63) is 29.0 Å². The lowest BCUT2D eigenvalue weighted by molar-refractivity contribution is -0.151. The highest BCUT2D eigenvalue weighted by Gasteiger charge is 2.16. The molecule has 1 aromatic rings. The summed E-state index contributed by atoms with van der Waals surface area (Å²) in [4.78, 5) is 15.5. The van der Waals surface area contributed by atoms with Gasteiger partial charge in [0.25, 0.3) is 0 Å². The summed E-state index contributed by atoms with van der Waals surface area (Å²) in [6.07, 6.45) is 3.72. The molecule has 0 aliphatic carbocycles. The Bertz CT molecular complexity index is 421. The Balaban J connectivity index is 1.61. The van der Waals surface area contributed by atoms with Gasteiger partial charge in [0.05, 0.1) is 18.4 Å². The number of esters is 1. The summed E-state index contributed by atoms with van der Waals surface area (Å²) in [6.45, 7) is 1.24. The topological polar surface area (TPSA) is 57.7 Å². The third-order valence-electron chi connectivity index (χ3n) is 2.71. The Hall–Kier alpha value is -1.17. The van der Waals surface area contributed by atoms with E-state index in [2.05, 4.69) is 4.98 Å². The van der Waals surface area contributed by atoms with Gasteiger partial charge in [-0.15, -0.1) is 0 Å². The van der Waals surface area contributed by atoms with Gasteiger partial charge >= 0.3 is 5.97 Å². The van der Waals surface area contributed by atoms with Crippen molar-refractivity contribution in [3.8, 4) is 0 Å². The van der Waals surface area contributed by atoms with Crippen molar-refractivity contribution in [1.29, 1.82) is 0 Å². The number of halogens is 1. The number of carbonyl (C=O) groups is 1. The molecule has 0 spiro atoms. The summed E-state index contributed by atoms with van der Waals surface area (Å²) < 4.78 is 15.6. The Kier molecular flexibility index (Phi) is 5.57. The zero-order chi connectivity index (χ0) is 13.5. The smallest absolute Gasteiger partial charge is 0.332 e. The van der Waals surface area contributed by atoms with E-state index in [4.69, 9.17) is 25.8 Å². The van der Waals surface area contributed by atoms with E-state index < -0.39 is 5.97 Å². The summed E-state index contributed by atoms with van der Waals surface area (Å²) in [5.74, 6) is -0.417. The van der Waals surface area contributed by atoms with Crippen molar-refractivity contribution in [3.63, 3.8) is 0 Å². The molecule has 0 N–H and O–H groups in total. The van der Waals surface area contributed by atoms with Crippen LogP contribution < -0.4 is 0 Å². The van der Waals surface area contributed by atoms with Crippen molar-refractivity contribution in [2.24, 2.45) is 0 Å². The predicted molar refractivity (Wildman–Crippen MR) is 68.8 cm³/mol. The fraction of sp³-hybridized carbons (Fsp3) is 0.538. The van der Waals surface area contributed by atoms with Crippen molar-refractivity contribution < 1.29 is 19.0 Å². The van der Waals surface area contributed by atoms with E-state index >= 15 is 0 Å². The number of hydrogen-bond donors (Lipinski definition) is 0. The van der Waals surface area contributed by atoms with Gasteiger partial charge < -0.3 is 14.2 Å². The molecule has 2 heterocycles. The Morgan fingerprint density at radius 2 is 2.47 bits per heavy atom. The zero-order valence-corrected chi connectivity index (χ0v) is 11.3. The minimum Gasteiger partial charge on any atom is -0.457 e. The van der Waals surface area contributed by atoms with Crippen LogP contribution in [-0.2, 0) is 25.6 Å². The number of hydrogen-bond acceptors (Lipinski definition) is 5. The first kappa shape index (κ1) is 14.2. The molecule has 1 saturated heterocycles. The number of carbonyl (C=O) groups excluding carboxylic acids is 1. The van der Waals surface area contributed by atoms with Gasteiger partial charge in [-0.05, 0) is 25.0 Å². The van der Waals surface area contributed by atoms with E-state index in [1.165, 1.54) is 0 Å². The maximum atomic E-state index is 11.4. The monoisotopic (exact) mass is 285 g/mol. The molecule has 1 aromatic heterocycles. The van der Waals surface area contributed by atoms with E-state index in [0.717, 1.165) is 19.4 Å². The Morgan fingerprint density at radius 3 is 3.21 bits per heavy atom. The van der Waals surface area contributed by atoms with E-state index in [1.807, 2.05) is 0 Å². The SMILES string of the molecule is O=C(COCC1CCCO1)OCc1cc(Cl)ccn1. The second-order valence-electron chi connectivity index (χ2n) is 4.28. The highest BCUT2D eigenvalue weighted by atomic mass is 35.5. The molecule has 1 unspecified atom stereocenters. The van der Waals surface area contributed by atoms with Crippen LogP contribution in [0.2, 0.25) is 5.02 Å². The summed E-state index contributed by atoms with van der Waals surface area (Å²) in [5, 5.41) is 0.565. The largest absolute Gasteiger partial charge is 0.457 e. The van der Waals surface area contributed by atoms with Crippen LogP contribution >= 0.6 is 11.6 Å². The van der Waals surface area contributed by atoms with Crippen LogP contribution in [0.5, 0.6) is 0 Å². The normalized spacial score (nSPS) is 18.5. The first-order valence-electron chi connectivity index (χ1n) is 6.19. The number of aromatic nitrogens is 1. The lowest BCUT2D eigenvalue weighted by Gasteiger charge is -2.09. The first-order valence-corrected chi connectivity index (χ1v) is 6.57. The molecular weight excluding hydrogens is 270 g/mol. The molecule has 1 fully saturated rings. The van der Waals surface area contributed by atoms with Gasteiger partial charge in [-0.2, -0.15) is 0 Å². The fourth-order valence-electron chi connectivity index (χ4n) is 1.77. The van der Waals surface area contributed by atoms with Gasteiger partial charge in [-0.3, -0.25) is 4.98 Å². The minimum absolute atomic E-state index is 0.0690. The highest BCUT2D eigenvalue weighted by Crippen LogP contribution is 2.12. The molecule has 0 aromatic carbocycles. The van der Waals surface area contributed by atoms with Crippen LogP contribution in [0, 0.1) is 0 Å². The van der Waals surface area contributed by atoms with Gasteiger partial charge in [0.2, 0.25) is 0 Å². The van der Waals surface area contributed by atoms with Crippen LogP contribution in [0.4, 0.5) is 0 Å². The molecule has 1 aliphatic rings. The third-order valence-corrected chi connectivity index (χ3v) is 2.94. The number of ether oxygens (including phenoxy) is 3. The molecule has 6 heteroatoms. The summed E-state index contributed by atoms with van der Waals surface area (Å²) >= 11 is 5.80. The van der Waals surface area contributed by atoms with Crippen molar-refractivity contribution in [1.82, 2.24) is 4.98 Å². The van der Waals surface area contributed by atoms with Gasteiger partial charge in [-0.25, -0.2) is 4.79 Å². The zero-order valence-electron chi connectivity index (χ0n) is 10.5. The Labute approximate surface area is 116 Å². The maximum Gasteiger partial charge on any atom is 0.332 e. The van der Waals surface area contributed by atoms with E-state index in [-0.39, 0.29) is 19.3 Å². The molecule has 5 nitrogen and oxygen atoms in total. The van der Waals surface area contributed by atoms with Gasteiger partial charge in [0, 0.05) is 17.8 Å². The molecule has 0 amide bonds. The van der Waals surface area contributed by atoms with E-state index in [1.54, 1.807) is 18.3 Å². The predicted octanol–water partition coefficient (Wildman–Crippen LogP) is 1.97. The molecule has 104 valence electrons. The van der Waals surface area contributed by atoms with Crippen molar-refractivity contribution >= 4 is 17.6 Å². The van der Waals surface area contributed by atoms with Crippen molar-refractivity contribution in [2.75, 3.05) is 19.8 Å². The minimum atomic E-state index is -0.417. The lowest BCUT2D eigenvalue weighted by Crippen LogP contribution is -2.19. The van der Waals surface area contributed by atoms with Gasteiger partial charge in [-0.1, -0.05) is 11.6 Å². The first-order chi connectivity index (χ1) is 9.24. The van der Waals surface area contributed by atoms with Crippen molar-refractivity contribution in [2.45, 2.75) is 25.6 Å². The van der Waals surface area contributed by atoms with Gasteiger partial charge in [0.15, 0.2) is 0 Å². The fourth-order valence-corrected chi connectivity index (χ4v) is 1.96. The third kappa shape index (κ3) is 5.14. The van der Waals surface area contributed by atoms with Crippen LogP contribution in [0.1, 0.15) is 18.5 Å². The number of nitrogens with zero attached hydrogens (tertiary/aromatic N) is 1. The molecule has 1 atom stereocenters. The highest BCUT2D eigenvalue weighted by molar-refractivity contribution is 6.30. The molecule has 0 radical (unpaired) electrons. The molecule has 0 bridgehead atoms. The summed E-state index contributed by atoms with van der Waals surface area (Å²) in [7, 11) is 0. The second kappa shape index (κ2) is 7.43. The van der Waals surface area contributed by atoms with Gasteiger partial charge in [0.1, 0.15) is 13.2 Å². The number of rotatable bonds is 6. The lowest BCUT2D eigenvalue weighted by atomic mass is 10.2. The average molecular weight is 286 g/mol. The summed E-state index contributed by atoms with van der Waals surface area (Å²) in [5.41, 5.74) is 0.611. The maximum absolute atomic E-state index is 11.4. The molecule has 0 saturated carbocycles. The summed E-state index contributed by atoms with van der Waals surface area (Å²) in [6, 6.07) is 3.32. The quantitative estimate of drug-likeness (QED) is 0.748. The molecule has 19 heavy (non-hydrogen) atoms. The van der Waals surface area contributed by atoms with E-state index in [9.17, 15) is 4.79 Å². The van der Waals surface area contributed by atoms with Crippen LogP contribution in [0.3, 0.4) is 0 Å². The number of pyridine rings is 1. The average Bonchev–Trinajstić information content (AvgIpc) is 2.90. The molecule has 2 rings (SSSR count). The standard InChI is InChI=1S/C13H16ClNO4/c14-10-3-4-15-11(6-10)7-19-13(16)9-17-8-12-2-1-5-18-12/h3-4,6,12H,1-2,5,7-9H2. The van der Waals surface area contributed by atoms with Crippen LogP contribution in [-0.4, -0.2) is 36.9 Å². The molecular formula is C13H16ClNO4. The molecule has 1 aliphatic heterocycles. The van der Waals surface area contributed by atoms with E-state index in [0.29, 0.717) is 17.3 Å². The Morgan fingerprint density at radius 1 is 1.58 bits per heavy atom.